The topological polar surface area (TPSA) is 30.8 Å². The van der Waals surface area contributed by atoms with Gasteiger partial charge in [0.2, 0.25) is 5.90 Å². The SMILES string of the molecule is COC1=NOc2ccccc2C1. The number of nitrogens with zero attached hydrogens (tertiary/aromatic N) is 1. The molecule has 0 atom stereocenters. The number of para-hydroxylation sites is 1. The Bertz CT molecular complexity index is 320. The summed E-state index contributed by atoms with van der Waals surface area (Å²) in [6, 6.07) is 7.79. The van der Waals surface area contributed by atoms with E-state index in [4.69, 9.17) is 9.57 Å². The molecule has 1 aliphatic heterocycles. The molecule has 2 rings (SSSR count). The van der Waals surface area contributed by atoms with Crippen molar-refractivity contribution in [3.8, 4) is 5.75 Å². The Morgan fingerprint density at radius 3 is 3.08 bits per heavy atom. The summed E-state index contributed by atoms with van der Waals surface area (Å²) in [7, 11) is 1.59. The lowest BCUT2D eigenvalue weighted by Gasteiger charge is -2.13. The van der Waals surface area contributed by atoms with E-state index in [2.05, 4.69) is 5.16 Å². The summed E-state index contributed by atoms with van der Waals surface area (Å²) < 4.78 is 4.97. The summed E-state index contributed by atoms with van der Waals surface area (Å²) in [5.74, 6) is 1.44. The fraction of sp³-hybridized carbons (Fsp3) is 0.222. The highest BCUT2D eigenvalue weighted by atomic mass is 16.7. The number of oxime groups is 1. The lowest BCUT2D eigenvalue weighted by atomic mass is 10.1. The zero-order chi connectivity index (χ0) is 8.39. The Morgan fingerprint density at radius 2 is 2.25 bits per heavy atom. The van der Waals surface area contributed by atoms with Crippen LogP contribution in [0.2, 0.25) is 0 Å². The Balaban J connectivity index is 2.31. The number of ether oxygens (including phenoxy) is 1. The van der Waals surface area contributed by atoms with Crippen LogP contribution < -0.4 is 4.84 Å². The van der Waals surface area contributed by atoms with Crippen molar-refractivity contribution in [2.24, 2.45) is 5.16 Å². The van der Waals surface area contributed by atoms with E-state index in [1.807, 2.05) is 24.3 Å². The van der Waals surface area contributed by atoms with Crippen LogP contribution in [-0.4, -0.2) is 13.0 Å². The van der Waals surface area contributed by atoms with Crippen LogP contribution in [0.3, 0.4) is 0 Å². The van der Waals surface area contributed by atoms with Gasteiger partial charge in [-0.1, -0.05) is 18.2 Å². The van der Waals surface area contributed by atoms with E-state index >= 15 is 0 Å². The summed E-state index contributed by atoms with van der Waals surface area (Å²) in [5, 5.41) is 3.78. The molecule has 3 nitrogen and oxygen atoms in total. The smallest absolute Gasteiger partial charge is 0.230 e. The molecular weight excluding hydrogens is 154 g/mol. The van der Waals surface area contributed by atoms with Gasteiger partial charge in [0, 0.05) is 5.56 Å². The van der Waals surface area contributed by atoms with E-state index in [9.17, 15) is 0 Å². The van der Waals surface area contributed by atoms with Gasteiger partial charge >= 0.3 is 0 Å². The van der Waals surface area contributed by atoms with Gasteiger partial charge < -0.3 is 9.57 Å². The molecule has 0 aliphatic carbocycles. The third-order valence-corrected chi connectivity index (χ3v) is 1.80. The maximum atomic E-state index is 5.09. The second-order valence-corrected chi connectivity index (χ2v) is 2.56. The first kappa shape index (κ1) is 7.16. The molecule has 1 heterocycles. The van der Waals surface area contributed by atoms with Gasteiger partial charge in [0.05, 0.1) is 13.5 Å². The predicted molar refractivity (Wildman–Crippen MR) is 45.2 cm³/mol. The third-order valence-electron chi connectivity index (χ3n) is 1.80. The second-order valence-electron chi connectivity index (χ2n) is 2.56. The standard InChI is InChI=1S/C9H9NO2/c1-11-9-6-7-4-2-3-5-8(7)12-10-9/h2-5H,6H2,1H3. The molecule has 0 spiro atoms. The molecule has 0 N–H and O–H groups in total. The number of hydrogen-bond donors (Lipinski definition) is 0. The van der Waals surface area contributed by atoms with Gasteiger partial charge in [-0.3, -0.25) is 0 Å². The van der Waals surface area contributed by atoms with E-state index in [0.717, 1.165) is 11.3 Å². The van der Waals surface area contributed by atoms with Crippen LogP contribution in [0.1, 0.15) is 5.56 Å². The normalized spacial score (nSPS) is 14.2. The molecule has 0 radical (unpaired) electrons. The zero-order valence-corrected chi connectivity index (χ0v) is 6.78. The lowest BCUT2D eigenvalue weighted by molar-refractivity contribution is 0.287. The molecule has 12 heavy (non-hydrogen) atoms. The first-order valence-corrected chi connectivity index (χ1v) is 3.76. The third kappa shape index (κ3) is 1.13. The molecule has 0 fully saturated rings. The number of fused-ring (bicyclic) bond motifs is 1. The summed E-state index contributed by atoms with van der Waals surface area (Å²) in [5.41, 5.74) is 1.12. The molecule has 0 unspecified atom stereocenters. The van der Waals surface area contributed by atoms with Crippen molar-refractivity contribution in [1.29, 1.82) is 0 Å². The van der Waals surface area contributed by atoms with Crippen LogP contribution in [0.5, 0.6) is 5.75 Å². The number of methoxy groups -OCH3 is 1. The van der Waals surface area contributed by atoms with Gasteiger partial charge in [-0.25, -0.2) is 0 Å². The highest BCUT2D eigenvalue weighted by molar-refractivity contribution is 5.80. The molecule has 1 aliphatic rings. The van der Waals surface area contributed by atoms with Gasteiger partial charge in [0.15, 0.2) is 5.75 Å². The van der Waals surface area contributed by atoms with Crippen molar-refractivity contribution in [2.45, 2.75) is 6.42 Å². The van der Waals surface area contributed by atoms with Gasteiger partial charge in [-0.05, 0) is 11.2 Å². The molecule has 62 valence electrons. The van der Waals surface area contributed by atoms with Crippen molar-refractivity contribution in [3.05, 3.63) is 29.8 Å². The average molecular weight is 163 g/mol. The number of hydrogen-bond acceptors (Lipinski definition) is 3. The lowest BCUT2D eigenvalue weighted by Crippen LogP contribution is -2.12. The molecule has 0 saturated heterocycles. The van der Waals surface area contributed by atoms with Crippen molar-refractivity contribution in [3.63, 3.8) is 0 Å². The van der Waals surface area contributed by atoms with E-state index in [1.165, 1.54) is 0 Å². The van der Waals surface area contributed by atoms with Gasteiger partial charge in [-0.2, -0.15) is 0 Å². The van der Waals surface area contributed by atoms with Crippen molar-refractivity contribution >= 4 is 5.90 Å². The van der Waals surface area contributed by atoms with E-state index in [-0.39, 0.29) is 0 Å². The number of rotatable bonds is 0. The Morgan fingerprint density at radius 1 is 1.42 bits per heavy atom. The molecular formula is C9H9NO2. The molecule has 1 aromatic rings. The van der Waals surface area contributed by atoms with Crippen LogP contribution in [0.4, 0.5) is 0 Å². The summed E-state index contributed by atoms with van der Waals surface area (Å²) in [6.45, 7) is 0. The van der Waals surface area contributed by atoms with Crippen molar-refractivity contribution in [1.82, 2.24) is 0 Å². The van der Waals surface area contributed by atoms with Crippen LogP contribution in [0.15, 0.2) is 29.4 Å². The van der Waals surface area contributed by atoms with Crippen LogP contribution >= 0.6 is 0 Å². The largest absolute Gasteiger partial charge is 0.482 e. The maximum Gasteiger partial charge on any atom is 0.230 e. The van der Waals surface area contributed by atoms with Crippen molar-refractivity contribution in [2.75, 3.05) is 7.11 Å². The quantitative estimate of drug-likeness (QED) is 0.581. The summed E-state index contributed by atoms with van der Waals surface area (Å²) >= 11 is 0. The van der Waals surface area contributed by atoms with Gasteiger partial charge in [-0.15, -0.1) is 0 Å². The monoisotopic (exact) mass is 163 g/mol. The average Bonchev–Trinajstić information content (AvgIpc) is 2.17. The van der Waals surface area contributed by atoms with E-state index < -0.39 is 0 Å². The Hall–Kier alpha value is -1.51. The highest BCUT2D eigenvalue weighted by Crippen LogP contribution is 2.22. The second kappa shape index (κ2) is 2.85. The number of benzene rings is 1. The van der Waals surface area contributed by atoms with Crippen LogP contribution in [0, 0.1) is 0 Å². The van der Waals surface area contributed by atoms with Crippen molar-refractivity contribution < 1.29 is 9.57 Å². The highest BCUT2D eigenvalue weighted by Gasteiger charge is 2.13. The minimum atomic E-state index is 0.619. The van der Waals surface area contributed by atoms with Crippen LogP contribution in [-0.2, 0) is 11.2 Å². The Kier molecular flexibility index (Phi) is 1.70. The van der Waals surface area contributed by atoms with Gasteiger partial charge in [0.1, 0.15) is 0 Å². The van der Waals surface area contributed by atoms with E-state index in [1.54, 1.807) is 7.11 Å². The van der Waals surface area contributed by atoms with Gasteiger partial charge in [0.25, 0.3) is 0 Å². The zero-order valence-electron chi connectivity index (χ0n) is 6.78. The summed E-state index contributed by atoms with van der Waals surface area (Å²) in [6.07, 6.45) is 0.715. The fourth-order valence-corrected chi connectivity index (χ4v) is 1.14. The van der Waals surface area contributed by atoms with Crippen LogP contribution in [0.25, 0.3) is 0 Å². The first-order valence-electron chi connectivity index (χ1n) is 3.76. The minimum absolute atomic E-state index is 0.619. The molecule has 0 saturated carbocycles. The molecule has 3 heteroatoms. The molecule has 1 aromatic carbocycles. The minimum Gasteiger partial charge on any atom is -0.482 e. The van der Waals surface area contributed by atoms with E-state index in [0.29, 0.717) is 12.3 Å². The molecule has 0 bridgehead atoms. The Labute approximate surface area is 70.6 Å². The fourth-order valence-electron chi connectivity index (χ4n) is 1.14. The first-order chi connectivity index (χ1) is 5.90. The summed E-state index contributed by atoms with van der Waals surface area (Å²) in [4.78, 5) is 5.09. The predicted octanol–water partition coefficient (Wildman–Crippen LogP) is 1.58. The molecule has 0 aromatic heterocycles. The maximum absolute atomic E-state index is 5.09. The molecule has 0 amide bonds.